The van der Waals surface area contributed by atoms with Gasteiger partial charge in [0.05, 0.1) is 24.8 Å². The molecule has 1 N–H and O–H groups in total. The van der Waals surface area contributed by atoms with Crippen LogP contribution in [0.3, 0.4) is 0 Å². The van der Waals surface area contributed by atoms with E-state index in [0.717, 1.165) is 4.31 Å². The van der Waals surface area contributed by atoms with Gasteiger partial charge in [0.15, 0.2) is 11.5 Å². The molecule has 0 unspecified atom stereocenters. The maximum Gasteiger partial charge on any atom is 0.264 e. The van der Waals surface area contributed by atoms with E-state index < -0.39 is 40.2 Å². The molecule has 0 aliphatic carbocycles. The molecular weight excluding hydrogens is 549 g/mol. The molecule has 0 saturated heterocycles. The number of hydrogen-bond donors (Lipinski definition) is 1. The topological polar surface area (TPSA) is 105 Å². The molecule has 0 radical (unpaired) electrons. The molecule has 0 aliphatic heterocycles. The van der Waals surface area contributed by atoms with Crippen LogP contribution in [0.5, 0.6) is 11.5 Å². The third-order valence-corrected chi connectivity index (χ3v) is 8.50. The average molecular weight is 586 g/mol. The van der Waals surface area contributed by atoms with Crippen LogP contribution >= 0.6 is 0 Å². The van der Waals surface area contributed by atoms with E-state index in [1.165, 1.54) is 62.4 Å². The molecule has 0 spiro atoms. The molecular formula is C30H36FN3O6S. The number of benzene rings is 3. The van der Waals surface area contributed by atoms with Crippen molar-refractivity contribution in [3.8, 4) is 11.5 Å². The highest BCUT2D eigenvalue weighted by Crippen LogP contribution is 2.32. The molecule has 41 heavy (non-hydrogen) atoms. The molecule has 0 aromatic heterocycles. The fraction of sp³-hybridized carbons (Fsp3) is 0.333. The second-order valence-corrected chi connectivity index (χ2v) is 11.3. The number of anilines is 1. The maximum atomic E-state index is 14.6. The Morgan fingerprint density at radius 1 is 0.927 bits per heavy atom. The van der Waals surface area contributed by atoms with Gasteiger partial charge >= 0.3 is 0 Å². The van der Waals surface area contributed by atoms with Crippen molar-refractivity contribution in [1.82, 2.24) is 10.2 Å². The normalized spacial score (nSPS) is 12.6. The molecule has 2 amide bonds. The first-order valence-electron chi connectivity index (χ1n) is 13.2. The Morgan fingerprint density at radius 2 is 1.56 bits per heavy atom. The molecule has 3 aromatic rings. The number of ether oxygens (including phenoxy) is 2. The van der Waals surface area contributed by atoms with E-state index in [1.807, 2.05) is 13.8 Å². The van der Waals surface area contributed by atoms with Crippen molar-refractivity contribution in [3.05, 3.63) is 84.2 Å². The number of carbonyl (C=O) groups is 2. The van der Waals surface area contributed by atoms with Crippen molar-refractivity contribution < 1.29 is 31.9 Å². The van der Waals surface area contributed by atoms with E-state index in [1.54, 1.807) is 36.4 Å². The molecule has 0 saturated carbocycles. The zero-order valence-electron chi connectivity index (χ0n) is 23.8. The van der Waals surface area contributed by atoms with E-state index in [-0.39, 0.29) is 34.5 Å². The van der Waals surface area contributed by atoms with Crippen LogP contribution in [0.4, 0.5) is 10.1 Å². The summed E-state index contributed by atoms with van der Waals surface area (Å²) in [7, 11) is -1.49. The predicted octanol–water partition coefficient (Wildman–Crippen LogP) is 4.37. The fourth-order valence-corrected chi connectivity index (χ4v) is 5.52. The van der Waals surface area contributed by atoms with Crippen molar-refractivity contribution >= 4 is 27.5 Å². The number of halogens is 1. The first-order chi connectivity index (χ1) is 19.5. The van der Waals surface area contributed by atoms with Gasteiger partial charge in [-0.1, -0.05) is 43.3 Å². The second-order valence-electron chi connectivity index (χ2n) is 9.47. The predicted molar refractivity (Wildman–Crippen MR) is 155 cm³/mol. The number of amides is 2. The quantitative estimate of drug-likeness (QED) is 0.320. The Bertz CT molecular complexity index is 1450. The van der Waals surface area contributed by atoms with E-state index in [4.69, 9.17) is 9.47 Å². The van der Waals surface area contributed by atoms with E-state index >= 15 is 0 Å². The average Bonchev–Trinajstić information content (AvgIpc) is 2.98. The Morgan fingerprint density at radius 3 is 2.17 bits per heavy atom. The highest BCUT2D eigenvalue weighted by Gasteiger charge is 2.33. The lowest BCUT2D eigenvalue weighted by Crippen LogP contribution is -2.52. The van der Waals surface area contributed by atoms with E-state index in [9.17, 15) is 22.4 Å². The summed E-state index contributed by atoms with van der Waals surface area (Å²) in [5.41, 5.74) is 0.427. The molecule has 11 heteroatoms. The summed E-state index contributed by atoms with van der Waals surface area (Å²) in [6.07, 6.45) is 0.672. The first kappa shape index (κ1) is 31.4. The van der Waals surface area contributed by atoms with Crippen molar-refractivity contribution in [2.75, 3.05) is 25.1 Å². The van der Waals surface area contributed by atoms with Gasteiger partial charge in [0.2, 0.25) is 11.8 Å². The third-order valence-electron chi connectivity index (χ3n) is 6.73. The number of methoxy groups -OCH3 is 2. The van der Waals surface area contributed by atoms with Gasteiger partial charge < -0.3 is 19.7 Å². The number of rotatable bonds is 13. The van der Waals surface area contributed by atoms with Crippen LogP contribution in [-0.2, 0) is 26.2 Å². The summed E-state index contributed by atoms with van der Waals surface area (Å²) < 4.78 is 54.1. The van der Waals surface area contributed by atoms with Gasteiger partial charge in [0, 0.05) is 24.2 Å². The fourth-order valence-electron chi connectivity index (χ4n) is 4.09. The van der Waals surface area contributed by atoms with Crippen molar-refractivity contribution in [2.45, 2.75) is 50.7 Å². The molecule has 220 valence electrons. The van der Waals surface area contributed by atoms with Crippen molar-refractivity contribution in [3.63, 3.8) is 0 Å². The Kier molecular flexibility index (Phi) is 10.7. The first-order valence-corrected chi connectivity index (χ1v) is 14.6. The Hall–Kier alpha value is -4.12. The van der Waals surface area contributed by atoms with Crippen LogP contribution in [0.15, 0.2) is 77.7 Å². The highest BCUT2D eigenvalue weighted by atomic mass is 32.2. The second kappa shape index (κ2) is 14.0. The number of nitrogens with one attached hydrogen (secondary N) is 1. The zero-order chi connectivity index (χ0) is 30.2. The van der Waals surface area contributed by atoms with Crippen LogP contribution in [-0.4, -0.2) is 58.0 Å². The molecule has 3 aromatic carbocycles. The monoisotopic (exact) mass is 585 g/mol. The van der Waals surface area contributed by atoms with Gasteiger partial charge in [-0.2, -0.15) is 0 Å². The molecule has 2 atom stereocenters. The molecule has 0 bridgehead atoms. The van der Waals surface area contributed by atoms with Crippen LogP contribution in [0.25, 0.3) is 0 Å². The lowest BCUT2D eigenvalue weighted by molar-refractivity contribution is -0.139. The summed E-state index contributed by atoms with van der Waals surface area (Å²) >= 11 is 0. The summed E-state index contributed by atoms with van der Waals surface area (Å²) in [5.74, 6) is -1.13. The summed E-state index contributed by atoms with van der Waals surface area (Å²) in [6.45, 7) is 4.40. The number of carbonyl (C=O) groups excluding carboxylic acids is 2. The van der Waals surface area contributed by atoms with Gasteiger partial charge in [-0.3, -0.25) is 13.9 Å². The third kappa shape index (κ3) is 7.55. The lowest BCUT2D eigenvalue weighted by atomic mass is 10.1. The molecule has 0 heterocycles. The zero-order valence-corrected chi connectivity index (χ0v) is 24.7. The molecule has 3 rings (SSSR count). The van der Waals surface area contributed by atoms with Crippen LogP contribution in [0.2, 0.25) is 0 Å². The van der Waals surface area contributed by atoms with Gasteiger partial charge in [-0.15, -0.1) is 0 Å². The number of sulfonamides is 1. The smallest absolute Gasteiger partial charge is 0.264 e. The van der Waals surface area contributed by atoms with Crippen molar-refractivity contribution in [2.24, 2.45) is 0 Å². The minimum Gasteiger partial charge on any atom is -0.493 e. The lowest BCUT2D eigenvalue weighted by Gasteiger charge is -2.32. The van der Waals surface area contributed by atoms with Crippen molar-refractivity contribution in [1.29, 1.82) is 0 Å². The number of nitrogens with zero attached hydrogens (tertiary/aromatic N) is 2. The van der Waals surface area contributed by atoms with Crippen LogP contribution < -0.4 is 19.1 Å². The standard InChI is InChI=1S/C30H36FN3O6S/c1-6-21(2)32-30(36)22(3)33(19-23-12-10-11-15-26(23)31)29(35)20-34(24-13-8-7-9-14-24)41(37,38)25-16-17-27(39-4)28(18-25)40-5/h7-18,21-22H,6,19-20H2,1-5H3,(H,32,36)/t21-,22-/m1/s1. The molecule has 9 nitrogen and oxygen atoms in total. The summed E-state index contributed by atoms with van der Waals surface area (Å²) in [4.78, 5) is 28.1. The van der Waals surface area contributed by atoms with E-state index in [0.29, 0.717) is 12.2 Å². The number of para-hydroxylation sites is 1. The maximum absolute atomic E-state index is 14.6. The molecule has 0 aliphatic rings. The highest BCUT2D eigenvalue weighted by molar-refractivity contribution is 7.92. The van der Waals surface area contributed by atoms with Crippen LogP contribution in [0.1, 0.15) is 32.8 Å². The largest absolute Gasteiger partial charge is 0.493 e. The summed E-state index contributed by atoms with van der Waals surface area (Å²) in [6, 6.07) is 17.0. The van der Waals surface area contributed by atoms with Gasteiger partial charge in [0.1, 0.15) is 18.4 Å². The van der Waals surface area contributed by atoms with Gasteiger partial charge in [-0.05, 0) is 50.6 Å². The van der Waals surface area contributed by atoms with E-state index in [2.05, 4.69) is 5.32 Å². The number of hydrogen-bond acceptors (Lipinski definition) is 6. The molecule has 0 fully saturated rings. The minimum atomic E-state index is -4.31. The Balaban J connectivity index is 2.05. The van der Waals surface area contributed by atoms with Gasteiger partial charge in [-0.25, -0.2) is 12.8 Å². The summed E-state index contributed by atoms with van der Waals surface area (Å²) in [5, 5.41) is 2.85. The van der Waals surface area contributed by atoms with Crippen LogP contribution in [0, 0.1) is 5.82 Å². The van der Waals surface area contributed by atoms with Gasteiger partial charge in [0.25, 0.3) is 10.0 Å². The Labute approximate surface area is 240 Å². The SMILES string of the molecule is CC[C@@H](C)NC(=O)[C@@H](C)N(Cc1ccccc1F)C(=O)CN(c1ccccc1)S(=O)(=O)c1ccc(OC)c(OC)c1. The minimum absolute atomic E-state index is 0.130.